The average Bonchev–Trinajstić information content (AvgIpc) is 2.32. The molecular weight excluding hydrogens is 317 g/mol. The molecule has 0 nitrogen and oxygen atoms in total. The van der Waals surface area contributed by atoms with Gasteiger partial charge in [-0.05, 0) is 41.5 Å². The van der Waals surface area contributed by atoms with Crippen molar-refractivity contribution in [2.75, 3.05) is 0 Å². The number of benzene rings is 2. The van der Waals surface area contributed by atoms with Crippen LogP contribution in [0.4, 0.5) is 4.39 Å². The largest absolute Gasteiger partial charge is 0.207 e. The Balaban J connectivity index is 2.65. The zero-order valence-corrected chi connectivity index (χ0v) is 12.0. The van der Waals surface area contributed by atoms with Crippen molar-refractivity contribution in [2.24, 2.45) is 0 Å². The first kappa shape index (κ1) is 14.0. The zero-order valence-electron chi connectivity index (χ0n) is 8.98. The van der Waals surface area contributed by atoms with Crippen LogP contribution in [0, 0.1) is 5.82 Å². The molecule has 2 aromatic carbocycles. The van der Waals surface area contributed by atoms with Gasteiger partial charge in [0, 0.05) is 16.5 Å². The third-order valence-corrected chi connectivity index (χ3v) is 3.74. The zero-order chi connectivity index (χ0) is 13.3. The van der Waals surface area contributed by atoms with Gasteiger partial charge < -0.3 is 0 Å². The van der Waals surface area contributed by atoms with E-state index < -0.39 is 0 Å². The maximum absolute atomic E-state index is 13.5. The predicted octanol–water partition coefficient (Wildman–Crippen LogP) is 6.19. The molecule has 0 aliphatic carbocycles. The molecule has 0 aliphatic heterocycles. The highest BCUT2D eigenvalue weighted by molar-refractivity contribution is 6.45. The first-order valence-electron chi connectivity index (χ1n) is 5.01. The minimum Gasteiger partial charge on any atom is -0.207 e. The van der Waals surface area contributed by atoms with Crippen molar-refractivity contribution < 1.29 is 4.39 Å². The van der Waals surface area contributed by atoms with Crippen molar-refractivity contribution in [3.05, 3.63) is 56.8 Å². The second kappa shape index (κ2) is 5.66. The van der Waals surface area contributed by atoms with Crippen molar-refractivity contribution >= 4 is 46.4 Å². The van der Waals surface area contributed by atoms with E-state index in [1.165, 1.54) is 18.2 Å². The van der Waals surface area contributed by atoms with Crippen molar-refractivity contribution in [1.29, 1.82) is 0 Å². The maximum atomic E-state index is 13.5. The molecular formula is C13H7Cl4F. The number of halogens is 5. The van der Waals surface area contributed by atoms with Crippen molar-refractivity contribution in [1.82, 2.24) is 0 Å². The second-order valence-electron chi connectivity index (χ2n) is 3.73. The number of alkyl halides is 1. The SMILES string of the molecule is Fc1cc(CCl)cc(-c2cc(Cl)cc(Cl)c2Cl)c1. The summed E-state index contributed by atoms with van der Waals surface area (Å²) in [4.78, 5) is 0. The highest BCUT2D eigenvalue weighted by Gasteiger charge is 2.11. The van der Waals surface area contributed by atoms with Gasteiger partial charge in [-0.25, -0.2) is 4.39 Å². The Labute approximate surface area is 124 Å². The summed E-state index contributed by atoms with van der Waals surface area (Å²) in [6, 6.07) is 7.67. The van der Waals surface area contributed by atoms with Crippen LogP contribution in [-0.2, 0) is 5.88 Å². The van der Waals surface area contributed by atoms with Crippen LogP contribution in [0.1, 0.15) is 5.56 Å². The summed E-state index contributed by atoms with van der Waals surface area (Å²) in [6.07, 6.45) is 0. The monoisotopic (exact) mass is 322 g/mol. The van der Waals surface area contributed by atoms with Crippen LogP contribution in [0.5, 0.6) is 0 Å². The standard InChI is InChI=1S/C13H7Cl4F/c14-6-7-1-8(3-10(18)2-7)11-4-9(15)5-12(16)13(11)17/h1-5H,6H2. The molecule has 0 radical (unpaired) electrons. The summed E-state index contributed by atoms with van der Waals surface area (Å²) in [7, 11) is 0. The van der Waals surface area contributed by atoms with Gasteiger partial charge in [0.2, 0.25) is 0 Å². The van der Waals surface area contributed by atoms with E-state index in [0.29, 0.717) is 31.8 Å². The molecule has 0 aliphatic rings. The lowest BCUT2D eigenvalue weighted by Crippen LogP contribution is -1.87. The Kier molecular flexibility index (Phi) is 4.39. The molecule has 0 saturated carbocycles. The van der Waals surface area contributed by atoms with Gasteiger partial charge >= 0.3 is 0 Å². The van der Waals surface area contributed by atoms with E-state index in [4.69, 9.17) is 46.4 Å². The molecule has 5 heteroatoms. The second-order valence-corrected chi connectivity index (χ2v) is 5.22. The van der Waals surface area contributed by atoms with Crippen molar-refractivity contribution in [2.45, 2.75) is 5.88 Å². The van der Waals surface area contributed by atoms with Crippen LogP contribution in [0.2, 0.25) is 15.1 Å². The van der Waals surface area contributed by atoms with E-state index in [9.17, 15) is 4.39 Å². The maximum Gasteiger partial charge on any atom is 0.124 e. The van der Waals surface area contributed by atoms with Crippen LogP contribution < -0.4 is 0 Å². The van der Waals surface area contributed by atoms with Gasteiger partial charge in [0.15, 0.2) is 0 Å². The number of hydrogen-bond acceptors (Lipinski definition) is 0. The third kappa shape index (κ3) is 2.92. The molecule has 0 saturated heterocycles. The smallest absolute Gasteiger partial charge is 0.124 e. The van der Waals surface area contributed by atoms with Crippen LogP contribution in [0.25, 0.3) is 11.1 Å². The van der Waals surface area contributed by atoms with Gasteiger partial charge in [0.25, 0.3) is 0 Å². The molecule has 0 aromatic heterocycles. The van der Waals surface area contributed by atoms with E-state index >= 15 is 0 Å². The Morgan fingerprint density at radius 1 is 0.944 bits per heavy atom. The quantitative estimate of drug-likeness (QED) is 0.456. The molecule has 94 valence electrons. The van der Waals surface area contributed by atoms with Gasteiger partial charge in [-0.15, -0.1) is 11.6 Å². The van der Waals surface area contributed by atoms with Crippen LogP contribution in [-0.4, -0.2) is 0 Å². The molecule has 18 heavy (non-hydrogen) atoms. The summed E-state index contributed by atoms with van der Waals surface area (Å²) < 4.78 is 13.5. The van der Waals surface area contributed by atoms with Gasteiger partial charge in [0.1, 0.15) is 5.82 Å². The number of rotatable bonds is 2. The summed E-state index contributed by atoms with van der Waals surface area (Å²) >= 11 is 23.7. The van der Waals surface area contributed by atoms with Gasteiger partial charge in [0.05, 0.1) is 10.0 Å². The summed E-state index contributed by atoms with van der Waals surface area (Å²) in [5.74, 6) is -0.160. The highest BCUT2D eigenvalue weighted by Crippen LogP contribution is 2.37. The lowest BCUT2D eigenvalue weighted by Gasteiger charge is -2.09. The van der Waals surface area contributed by atoms with Crippen LogP contribution >= 0.6 is 46.4 Å². The van der Waals surface area contributed by atoms with Gasteiger partial charge in [-0.2, -0.15) is 0 Å². The molecule has 0 unspecified atom stereocenters. The summed E-state index contributed by atoms with van der Waals surface area (Å²) in [5.41, 5.74) is 1.85. The molecule has 0 bridgehead atoms. The fourth-order valence-electron chi connectivity index (χ4n) is 1.65. The van der Waals surface area contributed by atoms with Crippen LogP contribution in [0.15, 0.2) is 30.3 Å². The fraction of sp³-hybridized carbons (Fsp3) is 0.0769. The number of hydrogen-bond donors (Lipinski definition) is 0. The van der Waals surface area contributed by atoms with Crippen molar-refractivity contribution in [3.63, 3.8) is 0 Å². The lowest BCUT2D eigenvalue weighted by atomic mass is 10.0. The molecule has 2 aromatic rings. The van der Waals surface area contributed by atoms with E-state index in [-0.39, 0.29) is 11.7 Å². The topological polar surface area (TPSA) is 0 Å². The predicted molar refractivity (Wildman–Crippen MR) is 76.4 cm³/mol. The van der Waals surface area contributed by atoms with Gasteiger partial charge in [-0.3, -0.25) is 0 Å². The minimum absolute atomic E-state index is 0.219. The molecule has 0 fully saturated rings. The first-order chi connectivity index (χ1) is 8.51. The Bertz CT molecular complexity index is 596. The summed E-state index contributed by atoms with van der Waals surface area (Å²) in [6.45, 7) is 0. The molecule has 2 rings (SSSR count). The minimum atomic E-state index is -0.379. The molecule has 0 N–H and O–H groups in total. The average molecular weight is 324 g/mol. The van der Waals surface area contributed by atoms with Gasteiger partial charge in [-0.1, -0.05) is 34.8 Å². The lowest BCUT2D eigenvalue weighted by molar-refractivity contribution is 0.627. The molecule has 0 amide bonds. The Morgan fingerprint density at radius 2 is 1.67 bits per heavy atom. The summed E-state index contributed by atoms with van der Waals surface area (Å²) in [5, 5.41) is 1.11. The highest BCUT2D eigenvalue weighted by atomic mass is 35.5. The molecule has 0 heterocycles. The van der Waals surface area contributed by atoms with Crippen molar-refractivity contribution in [3.8, 4) is 11.1 Å². The Morgan fingerprint density at radius 3 is 2.33 bits per heavy atom. The van der Waals surface area contributed by atoms with E-state index in [1.807, 2.05) is 0 Å². The fourth-order valence-corrected chi connectivity index (χ4v) is 2.52. The third-order valence-electron chi connectivity index (χ3n) is 2.42. The molecule has 0 spiro atoms. The van der Waals surface area contributed by atoms with E-state index in [1.54, 1.807) is 12.1 Å². The Hall–Kier alpha value is -0.470. The normalized spacial score (nSPS) is 10.7. The first-order valence-corrected chi connectivity index (χ1v) is 6.68. The van der Waals surface area contributed by atoms with Crippen LogP contribution in [0.3, 0.4) is 0 Å². The van der Waals surface area contributed by atoms with E-state index in [2.05, 4.69) is 0 Å². The molecule has 0 atom stereocenters. The van der Waals surface area contributed by atoms with E-state index in [0.717, 1.165) is 0 Å².